The van der Waals surface area contributed by atoms with E-state index in [-0.39, 0.29) is 21.7 Å². The van der Waals surface area contributed by atoms with Crippen molar-refractivity contribution in [2.45, 2.75) is 124 Å². The first-order valence-electron chi connectivity index (χ1n) is 27.6. The van der Waals surface area contributed by atoms with Gasteiger partial charge >= 0.3 is 0 Å². The molecule has 4 nitrogen and oxygen atoms in total. The fourth-order valence-corrected chi connectivity index (χ4v) is 11.9. The Balaban J connectivity index is 1.19. The molecule has 4 heteroatoms. The van der Waals surface area contributed by atoms with Crippen LogP contribution in [0.25, 0.3) is 66.1 Å². The van der Waals surface area contributed by atoms with Crippen molar-refractivity contribution < 1.29 is 8.83 Å². The molecule has 0 fully saturated rings. The number of nitrogens with zero attached hydrogens (tertiary/aromatic N) is 2. The maximum atomic E-state index is 7.56. The molecule has 0 saturated carbocycles. The highest BCUT2D eigenvalue weighted by molar-refractivity contribution is 6.25. The van der Waals surface area contributed by atoms with E-state index in [9.17, 15) is 0 Å². The standard InChI is InChI=1S/C73H72N2O2/c1-69(2,3)47-25-33-51(34-26-47)74(52-35-27-48(28-36-52)70(4,5)6)59-43-58-66(68-63(59)56-41-24-46(42-62(56)77-68)45-20-16-15-17-21-45)65-57(73(58,13)14)44-60(67-64(65)55-22-18-19-23-61(55)76-67)75(53-37-29-49(30-38-53)71(7,8)9)54-39-31-50(32-40-54)72(10,11)12/h15-44H,1-14H3. The largest absolute Gasteiger partial charge is 0.455 e. The molecule has 1 aliphatic carbocycles. The van der Waals surface area contributed by atoms with Gasteiger partial charge in [0.25, 0.3) is 0 Å². The summed E-state index contributed by atoms with van der Waals surface area (Å²) in [6, 6.07) is 67.6. The average Bonchev–Trinajstić information content (AvgIpc) is 4.24. The van der Waals surface area contributed by atoms with Gasteiger partial charge in [-0.15, -0.1) is 0 Å². The highest BCUT2D eigenvalue weighted by Gasteiger charge is 2.43. The molecule has 0 aliphatic heterocycles. The van der Waals surface area contributed by atoms with Crippen molar-refractivity contribution in [1.82, 2.24) is 0 Å². The predicted molar refractivity (Wildman–Crippen MR) is 328 cm³/mol. The Kier molecular flexibility index (Phi) is 11.4. The molecular weight excluding hydrogens is 937 g/mol. The van der Waals surface area contributed by atoms with Crippen molar-refractivity contribution >= 4 is 78.0 Å². The highest BCUT2D eigenvalue weighted by atomic mass is 16.3. The van der Waals surface area contributed by atoms with Crippen molar-refractivity contribution in [1.29, 1.82) is 0 Å². The maximum absolute atomic E-state index is 7.56. The minimum atomic E-state index is -0.501. The summed E-state index contributed by atoms with van der Waals surface area (Å²) in [6.07, 6.45) is 0. The number of fused-ring (bicyclic) bond motifs is 11. The molecule has 0 atom stereocenters. The van der Waals surface area contributed by atoms with E-state index in [2.05, 4.69) is 289 Å². The molecule has 0 unspecified atom stereocenters. The maximum Gasteiger partial charge on any atom is 0.160 e. The number of para-hydroxylation sites is 1. The van der Waals surface area contributed by atoms with E-state index in [1.165, 1.54) is 33.4 Å². The molecule has 0 amide bonds. The van der Waals surface area contributed by atoms with Crippen LogP contribution in [0.3, 0.4) is 0 Å². The molecule has 12 rings (SSSR count). The fraction of sp³-hybridized carbons (Fsp3) is 0.260. The summed E-state index contributed by atoms with van der Waals surface area (Å²) in [5.41, 5.74) is 21.4. The van der Waals surface area contributed by atoms with Gasteiger partial charge in [-0.2, -0.15) is 0 Å². The molecule has 0 bridgehead atoms. The zero-order chi connectivity index (χ0) is 54.1. The molecular formula is C73H72N2O2. The first-order valence-corrected chi connectivity index (χ1v) is 27.6. The van der Waals surface area contributed by atoms with Gasteiger partial charge in [0.1, 0.15) is 16.7 Å². The topological polar surface area (TPSA) is 32.8 Å². The number of anilines is 6. The number of hydrogen-bond acceptors (Lipinski definition) is 4. The molecule has 386 valence electrons. The number of furan rings is 2. The van der Waals surface area contributed by atoms with Crippen molar-refractivity contribution in [3.8, 4) is 22.3 Å². The predicted octanol–water partition coefficient (Wildman–Crippen LogP) is 21.6. The minimum Gasteiger partial charge on any atom is -0.455 e. The van der Waals surface area contributed by atoms with Crippen LogP contribution in [0.5, 0.6) is 0 Å². The molecule has 0 spiro atoms. The Hall–Kier alpha value is -7.82. The van der Waals surface area contributed by atoms with Crippen molar-refractivity contribution in [3.63, 3.8) is 0 Å². The van der Waals surface area contributed by atoms with Crippen molar-refractivity contribution in [3.05, 3.63) is 215 Å². The average molecular weight is 1010 g/mol. The summed E-state index contributed by atoms with van der Waals surface area (Å²) < 4.78 is 14.8. The van der Waals surface area contributed by atoms with Crippen LogP contribution in [-0.4, -0.2) is 0 Å². The highest BCUT2D eigenvalue weighted by Crippen LogP contribution is 2.61. The van der Waals surface area contributed by atoms with E-state index in [0.29, 0.717) is 0 Å². The van der Waals surface area contributed by atoms with E-state index in [1.54, 1.807) is 0 Å². The quantitative estimate of drug-likeness (QED) is 0.159. The van der Waals surface area contributed by atoms with Gasteiger partial charge in [0.05, 0.1) is 16.8 Å². The summed E-state index contributed by atoms with van der Waals surface area (Å²) in [7, 11) is 0. The Morgan fingerprint density at radius 2 is 0.740 bits per heavy atom. The molecule has 0 radical (unpaired) electrons. The van der Waals surface area contributed by atoms with E-state index in [4.69, 9.17) is 8.83 Å². The Morgan fingerprint density at radius 1 is 0.338 bits per heavy atom. The smallest absolute Gasteiger partial charge is 0.160 e. The van der Waals surface area contributed by atoms with Gasteiger partial charge in [0.15, 0.2) is 5.58 Å². The van der Waals surface area contributed by atoms with Gasteiger partial charge in [-0.05, 0) is 145 Å². The molecule has 0 N–H and O–H groups in total. The number of rotatable bonds is 7. The van der Waals surface area contributed by atoms with Gasteiger partial charge in [-0.3, -0.25) is 0 Å². The fourth-order valence-electron chi connectivity index (χ4n) is 11.9. The van der Waals surface area contributed by atoms with E-state index < -0.39 is 5.41 Å². The Morgan fingerprint density at radius 3 is 1.22 bits per heavy atom. The van der Waals surface area contributed by atoms with E-state index in [0.717, 1.165) is 100 Å². The van der Waals surface area contributed by atoms with E-state index >= 15 is 0 Å². The lowest BCUT2D eigenvalue weighted by Gasteiger charge is -2.31. The SMILES string of the molecule is CC(C)(C)c1ccc(N(c2ccc(C(C)(C)C)cc2)c2cc3c(c4c2oc2ccccc24)-c2c(cc(N(c4ccc(C(C)(C)C)cc4)c4ccc(C(C)(C)C)cc4)c4c2oc2cc(-c5ccccc5)ccc24)C3(C)C)cc1. The molecule has 1 aliphatic rings. The lowest BCUT2D eigenvalue weighted by Crippen LogP contribution is -2.18. The molecule has 77 heavy (non-hydrogen) atoms. The molecule has 9 aromatic carbocycles. The zero-order valence-electron chi connectivity index (χ0n) is 47.5. The number of hydrogen-bond donors (Lipinski definition) is 0. The van der Waals surface area contributed by atoms with Gasteiger partial charge < -0.3 is 18.6 Å². The lowest BCUT2D eigenvalue weighted by molar-refractivity contribution is 0.590. The summed E-state index contributed by atoms with van der Waals surface area (Å²) in [4.78, 5) is 4.89. The van der Waals surface area contributed by atoms with Crippen LogP contribution < -0.4 is 9.80 Å². The second-order valence-electron chi connectivity index (χ2n) is 26.3. The second-order valence-corrected chi connectivity index (χ2v) is 26.3. The summed E-state index contributed by atoms with van der Waals surface area (Å²) in [5.74, 6) is 0. The third-order valence-corrected chi connectivity index (χ3v) is 16.5. The normalized spacial score (nSPS) is 13.7. The van der Waals surface area contributed by atoms with Crippen LogP contribution >= 0.6 is 0 Å². The van der Waals surface area contributed by atoms with Crippen LogP contribution in [0.4, 0.5) is 34.1 Å². The van der Waals surface area contributed by atoms with Crippen LogP contribution in [-0.2, 0) is 27.1 Å². The van der Waals surface area contributed by atoms with Gasteiger partial charge in [-0.25, -0.2) is 0 Å². The lowest BCUT2D eigenvalue weighted by atomic mass is 9.81. The summed E-state index contributed by atoms with van der Waals surface area (Å²) in [5, 5.41) is 4.31. The Bertz CT molecular complexity index is 3930. The molecule has 11 aromatic rings. The van der Waals surface area contributed by atoms with Gasteiger partial charge in [0.2, 0.25) is 0 Å². The summed E-state index contributed by atoms with van der Waals surface area (Å²) >= 11 is 0. The minimum absolute atomic E-state index is 0.00161. The summed E-state index contributed by atoms with van der Waals surface area (Å²) in [6.45, 7) is 32.2. The van der Waals surface area contributed by atoms with Crippen LogP contribution in [0.2, 0.25) is 0 Å². The molecule has 0 saturated heterocycles. The van der Waals surface area contributed by atoms with Crippen molar-refractivity contribution in [2.24, 2.45) is 0 Å². The third kappa shape index (κ3) is 8.43. The van der Waals surface area contributed by atoms with Gasteiger partial charge in [0, 0.05) is 55.5 Å². The second kappa shape index (κ2) is 17.6. The first kappa shape index (κ1) is 50.0. The molecule has 2 aromatic heterocycles. The van der Waals surface area contributed by atoms with E-state index in [1.807, 2.05) is 0 Å². The number of benzene rings is 9. The van der Waals surface area contributed by atoms with Crippen LogP contribution in [0.15, 0.2) is 191 Å². The van der Waals surface area contributed by atoms with Crippen molar-refractivity contribution in [2.75, 3.05) is 9.80 Å². The van der Waals surface area contributed by atoms with Crippen LogP contribution in [0, 0.1) is 0 Å². The van der Waals surface area contributed by atoms with Crippen LogP contribution in [0.1, 0.15) is 130 Å². The Labute approximate surface area is 456 Å². The third-order valence-electron chi connectivity index (χ3n) is 16.5. The monoisotopic (exact) mass is 1010 g/mol. The zero-order valence-corrected chi connectivity index (χ0v) is 47.5. The molecule has 2 heterocycles. The first-order chi connectivity index (χ1) is 36.5. The van der Waals surface area contributed by atoms with Gasteiger partial charge in [-0.1, -0.05) is 200 Å².